The molecule has 30 heavy (non-hydrogen) atoms. The van der Waals surface area contributed by atoms with Crippen LogP contribution in [0.4, 0.5) is 0 Å². The molecule has 1 aliphatic heterocycles. The summed E-state index contributed by atoms with van der Waals surface area (Å²) in [6, 6.07) is 8.67. The Balaban J connectivity index is 1.75. The third-order valence-electron chi connectivity index (χ3n) is 5.28. The third-order valence-corrected chi connectivity index (χ3v) is 5.28. The number of rotatable bonds is 6. The fourth-order valence-corrected chi connectivity index (χ4v) is 3.62. The molecule has 1 aromatic rings. The molecule has 2 amide bonds. The van der Waals surface area contributed by atoms with Crippen LogP contribution in [0, 0.1) is 0 Å². The van der Waals surface area contributed by atoms with Crippen LogP contribution in [-0.2, 0) is 21.5 Å². The van der Waals surface area contributed by atoms with Crippen molar-refractivity contribution in [3.63, 3.8) is 0 Å². The molecule has 0 radical (unpaired) electrons. The first kappa shape index (κ1) is 24.4. The summed E-state index contributed by atoms with van der Waals surface area (Å²) in [6.45, 7) is 17.0. The molecular weight excluding hydrogens is 376 g/mol. The summed E-state index contributed by atoms with van der Waals surface area (Å²) in [7, 11) is 1.99. The van der Waals surface area contributed by atoms with Crippen molar-refractivity contribution >= 4 is 11.8 Å². The second-order valence-corrected chi connectivity index (χ2v) is 10.6. The van der Waals surface area contributed by atoms with Gasteiger partial charge < -0.3 is 10.2 Å². The predicted octanol–water partition coefficient (Wildman–Crippen LogP) is 2.47. The molecule has 1 saturated heterocycles. The van der Waals surface area contributed by atoms with Gasteiger partial charge in [-0.05, 0) is 44.4 Å². The zero-order chi connectivity index (χ0) is 22.5. The molecule has 6 nitrogen and oxygen atoms in total. The van der Waals surface area contributed by atoms with E-state index in [9.17, 15) is 9.59 Å². The van der Waals surface area contributed by atoms with Crippen molar-refractivity contribution in [2.45, 2.75) is 59.0 Å². The Morgan fingerprint density at radius 2 is 1.53 bits per heavy atom. The molecule has 0 spiro atoms. The molecule has 0 atom stereocenters. The molecular formula is C24H40N4O2. The highest BCUT2D eigenvalue weighted by Gasteiger charge is 2.24. The van der Waals surface area contributed by atoms with Gasteiger partial charge in [0.1, 0.15) is 0 Å². The molecule has 0 saturated carbocycles. The Kier molecular flexibility index (Phi) is 8.06. The third kappa shape index (κ3) is 8.07. The van der Waals surface area contributed by atoms with Gasteiger partial charge in [-0.3, -0.25) is 19.4 Å². The molecule has 0 aliphatic carbocycles. The molecule has 1 aromatic carbocycles. The first-order chi connectivity index (χ1) is 13.8. The lowest BCUT2D eigenvalue weighted by atomic mass is 9.87. The SMILES string of the molecule is CN(CC(=O)N1CCN(CC(=O)NC(C)(C)C)CC1)Cc1ccc(C(C)(C)C)cc1. The molecule has 0 bridgehead atoms. The Morgan fingerprint density at radius 1 is 0.967 bits per heavy atom. The molecule has 1 N–H and O–H groups in total. The van der Waals surface area contributed by atoms with Gasteiger partial charge in [0.2, 0.25) is 11.8 Å². The van der Waals surface area contributed by atoms with Crippen LogP contribution in [0.25, 0.3) is 0 Å². The summed E-state index contributed by atoms with van der Waals surface area (Å²) in [5, 5.41) is 2.99. The number of nitrogens with one attached hydrogen (secondary N) is 1. The van der Waals surface area contributed by atoms with Crippen molar-refractivity contribution in [3.8, 4) is 0 Å². The molecule has 1 fully saturated rings. The number of nitrogens with zero attached hydrogens (tertiary/aromatic N) is 3. The summed E-state index contributed by atoms with van der Waals surface area (Å²) < 4.78 is 0. The Hall–Kier alpha value is -1.92. The Bertz CT molecular complexity index is 708. The number of amides is 2. The van der Waals surface area contributed by atoms with Gasteiger partial charge in [0.05, 0.1) is 13.1 Å². The topological polar surface area (TPSA) is 55.9 Å². The van der Waals surface area contributed by atoms with Gasteiger partial charge in [-0.1, -0.05) is 45.0 Å². The second kappa shape index (κ2) is 9.92. The number of carbonyl (C=O) groups is 2. The van der Waals surface area contributed by atoms with Gasteiger partial charge >= 0.3 is 0 Å². The number of carbonyl (C=O) groups excluding carboxylic acids is 2. The highest BCUT2D eigenvalue weighted by molar-refractivity contribution is 5.79. The summed E-state index contributed by atoms with van der Waals surface area (Å²) in [5.74, 6) is 0.196. The van der Waals surface area contributed by atoms with Crippen LogP contribution in [0.1, 0.15) is 52.7 Å². The van der Waals surface area contributed by atoms with Crippen LogP contribution in [0.5, 0.6) is 0 Å². The highest BCUT2D eigenvalue weighted by atomic mass is 16.2. The quantitative estimate of drug-likeness (QED) is 0.774. The lowest BCUT2D eigenvalue weighted by Gasteiger charge is -2.35. The Labute approximate surface area is 182 Å². The average Bonchev–Trinajstić information content (AvgIpc) is 2.60. The van der Waals surface area contributed by atoms with Crippen molar-refractivity contribution in [3.05, 3.63) is 35.4 Å². The fraction of sp³-hybridized carbons (Fsp3) is 0.667. The molecule has 0 aromatic heterocycles. The van der Waals surface area contributed by atoms with E-state index in [0.717, 1.165) is 19.6 Å². The normalized spacial score (nSPS) is 16.1. The zero-order valence-corrected chi connectivity index (χ0v) is 19.9. The first-order valence-corrected chi connectivity index (χ1v) is 10.9. The van der Waals surface area contributed by atoms with Crippen molar-refractivity contribution in [2.75, 3.05) is 46.3 Å². The van der Waals surface area contributed by atoms with Gasteiger partial charge in [-0.15, -0.1) is 0 Å². The van der Waals surface area contributed by atoms with Crippen molar-refractivity contribution in [1.29, 1.82) is 0 Å². The van der Waals surface area contributed by atoms with Crippen LogP contribution >= 0.6 is 0 Å². The largest absolute Gasteiger partial charge is 0.350 e. The zero-order valence-electron chi connectivity index (χ0n) is 19.9. The number of likely N-dealkylation sites (N-methyl/N-ethyl adjacent to an activating group) is 1. The van der Waals surface area contributed by atoms with Gasteiger partial charge in [-0.25, -0.2) is 0 Å². The van der Waals surface area contributed by atoms with Crippen molar-refractivity contribution < 1.29 is 9.59 Å². The number of hydrogen-bond acceptors (Lipinski definition) is 4. The summed E-state index contributed by atoms with van der Waals surface area (Å²) in [5.41, 5.74) is 2.47. The summed E-state index contributed by atoms with van der Waals surface area (Å²) in [6.07, 6.45) is 0. The van der Waals surface area contributed by atoms with Gasteiger partial charge in [0.25, 0.3) is 0 Å². The van der Waals surface area contributed by atoms with Gasteiger partial charge in [-0.2, -0.15) is 0 Å². The standard InChI is InChI=1S/C24H40N4O2/c1-23(2,3)20-10-8-19(9-11-20)16-26(7)18-22(30)28-14-12-27(13-15-28)17-21(29)25-24(4,5)6/h8-11H,12-18H2,1-7H3,(H,25,29). The molecule has 0 unspecified atom stereocenters. The molecule has 6 heteroatoms. The smallest absolute Gasteiger partial charge is 0.236 e. The molecule has 2 rings (SSSR count). The predicted molar refractivity (Wildman–Crippen MR) is 122 cm³/mol. The maximum Gasteiger partial charge on any atom is 0.236 e. The molecule has 168 valence electrons. The lowest BCUT2D eigenvalue weighted by molar-refractivity contribution is -0.134. The van der Waals surface area contributed by atoms with E-state index in [4.69, 9.17) is 0 Å². The van der Waals surface area contributed by atoms with Crippen LogP contribution in [0.15, 0.2) is 24.3 Å². The Morgan fingerprint density at radius 3 is 2.03 bits per heavy atom. The monoisotopic (exact) mass is 416 g/mol. The highest BCUT2D eigenvalue weighted by Crippen LogP contribution is 2.22. The van der Waals surface area contributed by atoms with E-state index in [-0.39, 0.29) is 22.8 Å². The minimum atomic E-state index is -0.216. The fourth-order valence-electron chi connectivity index (χ4n) is 3.62. The first-order valence-electron chi connectivity index (χ1n) is 10.9. The molecule has 1 aliphatic rings. The van der Waals surface area contributed by atoms with E-state index in [1.165, 1.54) is 11.1 Å². The van der Waals surface area contributed by atoms with Crippen LogP contribution in [0.3, 0.4) is 0 Å². The second-order valence-electron chi connectivity index (χ2n) is 10.6. The minimum absolute atomic E-state index is 0.0412. The minimum Gasteiger partial charge on any atom is -0.350 e. The number of benzene rings is 1. The molecule has 1 heterocycles. The lowest BCUT2D eigenvalue weighted by Crippen LogP contribution is -2.54. The van der Waals surface area contributed by atoms with Gasteiger partial charge in [0.15, 0.2) is 0 Å². The van der Waals surface area contributed by atoms with Crippen molar-refractivity contribution in [1.82, 2.24) is 20.0 Å². The van der Waals surface area contributed by atoms with E-state index in [1.807, 2.05) is 32.7 Å². The summed E-state index contributed by atoms with van der Waals surface area (Å²) in [4.78, 5) is 30.9. The van der Waals surface area contributed by atoms with Crippen LogP contribution in [0.2, 0.25) is 0 Å². The van der Waals surface area contributed by atoms with E-state index in [0.29, 0.717) is 26.2 Å². The number of piperazine rings is 1. The van der Waals surface area contributed by atoms with E-state index >= 15 is 0 Å². The van der Waals surface area contributed by atoms with E-state index < -0.39 is 0 Å². The number of hydrogen-bond donors (Lipinski definition) is 1. The van der Waals surface area contributed by atoms with E-state index in [1.54, 1.807) is 0 Å². The van der Waals surface area contributed by atoms with Crippen LogP contribution < -0.4 is 5.32 Å². The van der Waals surface area contributed by atoms with E-state index in [2.05, 4.69) is 60.2 Å². The van der Waals surface area contributed by atoms with Crippen molar-refractivity contribution in [2.24, 2.45) is 0 Å². The van der Waals surface area contributed by atoms with Crippen LogP contribution in [-0.4, -0.2) is 78.4 Å². The summed E-state index contributed by atoms with van der Waals surface area (Å²) >= 11 is 0. The average molecular weight is 417 g/mol. The maximum atomic E-state index is 12.7. The maximum absolute atomic E-state index is 12.7. The van der Waals surface area contributed by atoms with Gasteiger partial charge in [0, 0.05) is 38.3 Å².